The molecule has 3 rings (SSSR count). The summed E-state index contributed by atoms with van der Waals surface area (Å²) in [7, 11) is 1.60. The van der Waals surface area contributed by atoms with E-state index in [1.54, 1.807) is 19.5 Å². The lowest BCUT2D eigenvalue weighted by molar-refractivity contribution is -0.117. The Labute approximate surface area is 160 Å². The van der Waals surface area contributed by atoms with E-state index in [0.717, 1.165) is 43.6 Å². The van der Waals surface area contributed by atoms with Crippen LogP contribution in [0.15, 0.2) is 42.7 Å². The number of hydrogen-bond donors (Lipinski definition) is 2. The van der Waals surface area contributed by atoms with Crippen molar-refractivity contribution in [1.29, 1.82) is 0 Å². The summed E-state index contributed by atoms with van der Waals surface area (Å²) in [4.78, 5) is 16.4. The zero-order valence-electron chi connectivity index (χ0n) is 15.7. The van der Waals surface area contributed by atoms with Gasteiger partial charge in [-0.25, -0.2) is 0 Å². The zero-order valence-corrected chi connectivity index (χ0v) is 15.7. The van der Waals surface area contributed by atoms with Gasteiger partial charge in [0.15, 0.2) is 11.5 Å². The molecule has 1 fully saturated rings. The molecule has 144 valence electrons. The van der Waals surface area contributed by atoms with Gasteiger partial charge >= 0.3 is 0 Å². The molecular formula is C21H27N3O3. The molecule has 27 heavy (non-hydrogen) atoms. The zero-order chi connectivity index (χ0) is 18.9. The fourth-order valence-electron chi connectivity index (χ4n) is 3.28. The molecule has 2 N–H and O–H groups in total. The van der Waals surface area contributed by atoms with Crippen LogP contribution in [0, 0.1) is 5.92 Å². The maximum Gasteiger partial charge on any atom is 0.224 e. The number of carbonyl (C=O) groups is 1. The topological polar surface area (TPSA) is 72.5 Å². The number of nitrogens with one attached hydrogen (secondary N) is 2. The Kier molecular flexibility index (Phi) is 7.04. The number of anilines is 1. The molecule has 2 aromatic rings. The van der Waals surface area contributed by atoms with E-state index >= 15 is 0 Å². The van der Waals surface area contributed by atoms with Crippen molar-refractivity contribution in [2.45, 2.75) is 32.3 Å². The first-order chi connectivity index (χ1) is 13.2. The number of ether oxygens (including phenoxy) is 2. The number of rotatable bonds is 7. The Bertz CT molecular complexity index is 729. The number of methoxy groups -OCH3 is 1. The fourth-order valence-corrected chi connectivity index (χ4v) is 3.28. The molecule has 0 bridgehead atoms. The number of nitrogens with zero attached hydrogens (tertiary/aromatic N) is 1. The molecule has 1 saturated heterocycles. The highest BCUT2D eigenvalue weighted by Gasteiger charge is 2.16. The normalized spacial score (nSPS) is 17.0. The second kappa shape index (κ2) is 9.92. The number of carbonyl (C=O) groups excluding carboxylic acids is 1. The average molecular weight is 369 g/mol. The Morgan fingerprint density at radius 3 is 2.85 bits per heavy atom. The molecule has 6 heteroatoms. The van der Waals surface area contributed by atoms with Crippen LogP contribution < -0.4 is 20.1 Å². The van der Waals surface area contributed by atoms with Gasteiger partial charge in [-0.2, -0.15) is 0 Å². The number of amides is 1. The summed E-state index contributed by atoms with van der Waals surface area (Å²) in [5, 5.41) is 6.38. The van der Waals surface area contributed by atoms with Crippen LogP contribution in [0.3, 0.4) is 0 Å². The lowest BCUT2D eigenvalue weighted by Crippen LogP contribution is -2.18. The molecule has 2 heterocycles. The lowest BCUT2D eigenvalue weighted by Gasteiger charge is -2.15. The smallest absolute Gasteiger partial charge is 0.224 e. The Balaban J connectivity index is 1.60. The molecule has 1 aliphatic heterocycles. The summed E-state index contributed by atoms with van der Waals surface area (Å²) in [5.74, 6) is 1.73. The quantitative estimate of drug-likeness (QED) is 0.783. The van der Waals surface area contributed by atoms with Gasteiger partial charge in [-0.05, 0) is 68.1 Å². The summed E-state index contributed by atoms with van der Waals surface area (Å²) in [5.41, 5.74) is 1.74. The van der Waals surface area contributed by atoms with Crippen molar-refractivity contribution in [1.82, 2.24) is 10.3 Å². The van der Waals surface area contributed by atoms with E-state index < -0.39 is 0 Å². The minimum atomic E-state index is 0.0483. The molecule has 0 radical (unpaired) electrons. The molecular weight excluding hydrogens is 342 g/mol. The summed E-state index contributed by atoms with van der Waals surface area (Å²) in [6.45, 7) is 2.45. The molecule has 6 nitrogen and oxygen atoms in total. The lowest BCUT2D eigenvalue weighted by atomic mass is 9.96. The van der Waals surface area contributed by atoms with Gasteiger partial charge in [0.1, 0.15) is 6.61 Å². The first-order valence-electron chi connectivity index (χ1n) is 9.45. The van der Waals surface area contributed by atoms with Gasteiger partial charge < -0.3 is 20.1 Å². The maximum absolute atomic E-state index is 12.4. The van der Waals surface area contributed by atoms with Crippen LogP contribution in [0.4, 0.5) is 5.69 Å². The standard InChI is InChI=1S/C21H27N3O3/c1-26-19-5-4-18(14-20(19)27-15-17-7-11-23-12-8-17)24-21(25)13-16-3-2-9-22-10-6-16/h4-5,7-8,11-12,14,16,22H,2-3,6,9-10,13,15H2,1H3,(H,24,25). The Hall–Kier alpha value is -2.60. The largest absolute Gasteiger partial charge is 0.493 e. The van der Waals surface area contributed by atoms with Crippen LogP contribution in [0.25, 0.3) is 0 Å². The van der Waals surface area contributed by atoms with Crippen molar-refractivity contribution in [3.63, 3.8) is 0 Å². The third kappa shape index (κ3) is 5.96. The van der Waals surface area contributed by atoms with Gasteiger partial charge in [-0.15, -0.1) is 0 Å². The van der Waals surface area contributed by atoms with E-state index in [2.05, 4.69) is 15.6 Å². The predicted octanol–water partition coefficient (Wildman–Crippen LogP) is 3.39. The summed E-state index contributed by atoms with van der Waals surface area (Å²) < 4.78 is 11.3. The number of pyridine rings is 1. The number of aromatic nitrogens is 1. The van der Waals surface area contributed by atoms with E-state index in [4.69, 9.17) is 9.47 Å². The number of hydrogen-bond acceptors (Lipinski definition) is 5. The molecule has 0 aliphatic carbocycles. The van der Waals surface area contributed by atoms with E-state index in [1.807, 2.05) is 30.3 Å². The summed E-state index contributed by atoms with van der Waals surface area (Å²) in [6, 6.07) is 9.27. The molecule has 0 saturated carbocycles. The Morgan fingerprint density at radius 2 is 2.04 bits per heavy atom. The van der Waals surface area contributed by atoms with Gasteiger partial charge in [-0.1, -0.05) is 0 Å². The molecule has 1 atom stereocenters. The van der Waals surface area contributed by atoms with Crippen LogP contribution >= 0.6 is 0 Å². The molecule has 1 aromatic carbocycles. The number of benzene rings is 1. The molecule has 1 unspecified atom stereocenters. The van der Waals surface area contributed by atoms with Crippen LogP contribution in [0.2, 0.25) is 0 Å². The highest BCUT2D eigenvalue weighted by molar-refractivity contribution is 5.91. The van der Waals surface area contributed by atoms with Crippen LogP contribution in [0.5, 0.6) is 11.5 Å². The van der Waals surface area contributed by atoms with Crippen LogP contribution in [-0.2, 0) is 11.4 Å². The van der Waals surface area contributed by atoms with Gasteiger partial charge in [0.05, 0.1) is 7.11 Å². The van der Waals surface area contributed by atoms with Gasteiger partial charge in [0.25, 0.3) is 0 Å². The van der Waals surface area contributed by atoms with Crippen LogP contribution in [-0.4, -0.2) is 31.1 Å². The third-order valence-electron chi connectivity index (χ3n) is 4.76. The van der Waals surface area contributed by atoms with Gasteiger partial charge in [0, 0.05) is 30.6 Å². The van der Waals surface area contributed by atoms with E-state index in [0.29, 0.717) is 30.4 Å². The van der Waals surface area contributed by atoms with E-state index in [-0.39, 0.29) is 5.91 Å². The van der Waals surface area contributed by atoms with Gasteiger partial charge in [0.2, 0.25) is 5.91 Å². The highest BCUT2D eigenvalue weighted by atomic mass is 16.5. The second-order valence-electron chi connectivity index (χ2n) is 6.81. The highest BCUT2D eigenvalue weighted by Crippen LogP contribution is 2.31. The fraction of sp³-hybridized carbons (Fsp3) is 0.429. The third-order valence-corrected chi connectivity index (χ3v) is 4.76. The first-order valence-corrected chi connectivity index (χ1v) is 9.45. The molecule has 0 spiro atoms. The summed E-state index contributed by atoms with van der Waals surface area (Å²) >= 11 is 0. The van der Waals surface area contributed by atoms with E-state index in [1.165, 1.54) is 0 Å². The molecule has 1 aliphatic rings. The van der Waals surface area contributed by atoms with Crippen molar-refractivity contribution in [3.8, 4) is 11.5 Å². The predicted molar refractivity (Wildman–Crippen MR) is 105 cm³/mol. The Morgan fingerprint density at radius 1 is 1.19 bits per heavy atom. The van der Waals surface area contributed by atoms with Gasteiger partial charge in [-0.3, -0.25) is 9.78 Å². The minimum absolute atomic E-state index is 0.0483. The van der Waals surface area contributed by atoms with Crippen molar-refractivity contribution in [2.75, 3.05) is 25.5 Å². The maximum atomic E-state index is 12.4. The molecule has 1 amide bonds. The van der Waals surface area contributed by atoms with Crippen molar-refractivity contribution < 1.29 is 14.3 Å². The SMILES string of the molecule is COc1ccc(NC(=O)CC2CCCNCC2)cc1OCc1ccncc1. The molecule has 1 aromatic heterocycles. The van der Waals surface area contributed by atoms with Crippen molar-refractivity contribution >= 4 is 11.6 Å². The monoisotopic (exact) mass is 369 g/mol. The first kappa shape index (κ1) is 19.2. The van der Waals surface area contributed by atoms with Crippen molar-refractivity contribution in [2.24, 2.45) is 5.92 Å². The minimum Gasteiger partial charge on any atom is -0.493 e. The average Bonchev–Trinajstić information content (AvgIpc) is 2.96. The van der Waals surface area contributed by atoms with Crippen molar-refractivity contribution in [3.05, 3.63) is 48.3 Å². The summed E-state index contributed by atoms with van der Waals surface area (Å²) in [6.07, 6.45) is 7.30. The van der Waals surface area contributed by atoms with Crippen LogP contribution in [0.1, 0.15) is 31.2 Å². The second-order valence-corrected chi connectivity index (χ2v) is 6.81. The van der Waals surface area contributed by atoms with E-state index in [9.17, 15) is 4.79 Å².